The topological polar surface area (TPSA) is 88.5 Å². The van der Waals surface area contributed by atoms with Crippen LogP contribution in [0.5, 0.6) is 0 Å². The lowest BCUT2D eigenvalue weighted by Gasteiger charge is -2.03. The molecule has 1 atom stereocenters. The third kappa shape index (κ3) is 2.21. The molecule has 2 rings (SSSR count). The first-order valence-corrected chi connectivity index (χ1v) is 5.15. The maximum Gasteiger partial charge on any atom is 0.371 e. The SMILES string of the molecule is CCn1cc(C(O)c2ccc(C(=O)O)o2)cn1. The van der Waals surface area contributed by atoms with Gasteiger partial charge in [-0.25, -0.2) is 4.79 Å². The Kier molecular flexibility index (Phi) is 2.97. The van der Waals surface area contributed by atoms with Crippen molar-refractivity contribution in [2.24, 2.45) is 0 Å². The first kappa shape index (κ1) is 11.4. The van der Waals surface area contributed by atoms with Crippen molar-refractivity contribution in [1.82, 2.24) is 9.78 Å². The first-order chi connectivity index (χ1) is 8.11. The number of hydrogen-bond acceptors (Lipinski definition) is 4. The van der Waals surface area contributed by atoms with Crippen LogP contribution in [0.2, 0.25) is 0 Å². The minimum Gasteiger partial charge on any atom is -0.475 e. The summed E-state index contributed by atoms with van der Waals surface area (Å²) in [6.45, 7) is 2.63. The molecule has 17 heavy (non-hydrogen) atoms. The molecule has 0 bridgehead atoms. The van der Waals surface area contributed by atoms with Gasteiger partial charge in [0.1, 0.15) is 11.9 Å². The fraction of sp³-hybridized carbons (Fsp3) is 0.273. The molecule has 0 saturated heterocycles. The predicted molar refractivity (Wildman–Crippen MR) is 57.6 cm³/mol. The third-order valence-electron chi connectivity index (χ3n) is 2.40. The van der Waals surface area contributed by atoms with Crippen molar-refractivity contribution in [3.05, 3.63) is 41.6 Å². The highest BCUT2D eigenvalue weighted by molar-refractivity contribution is 5.84. The number of hydrogen-bond donors (Lipinski definition) is 2. The van der Waals surface area contributed by atoms with E-state index in [0.717, 1.165) is 0 Å². The monoisotopic (exact) mass is 236 g/mol. The Bertz CT molecular complexity index is 529. The minimum absolute atomic E-state index is 0.193. The van der Waals surface area contributed by atoms with E-state index in [2.05, 4.69) is 5.10 Å². The van der Waals surface area contributed by atoms with Crippen molar-refractivity contribution in [3.8, 4) is 0 Å². The summed E-state index contributed by atoms with van der Waals surface area (Å²) in [5.41, 5.74) is 0.568. The second-order valence-corrected chi connectivity index (χ2v) is 3.54. The summed E-state index contributed by atoms with van der Waals surface area (Å²) in [6.07, 6.45) is 2.22. The number of aromatic nitrogens is 2. The molecule has 0 aliphatic carbocycles. The van der Waals surface area contributed by atoms with Gasteiger partial charge in [-0.3, -0.25) is 4.68 Å². The van der Waals surface area contributed by atoms with Gasteiger partial charge in [0.05, 0.1) is 6.20 Å². The van der Waals surface area contributed by atoms with Crippen LogP contribution in [0.15, 0.2) is 28.9 Å². The highest BCUT2D eigenvalue weighted by Crippen LogP contribution is 2.23. The Morgan fingerprint density at radius 1 is 1.59 bits per heavy atom. The van der Waals surface area contributed by atoms with E-state index in [-0.39, 0.29) is 11.5 Å². The summed E-state index contributed by atoms with van der Waals surface area (Å²) in [5.74, 6) is -1.16. The number of aryl methyl sites for hydroxylation is 1. The Balaban J connectivity index is 2.23. The van der Waals surface area contributed by atoms with Gasteiger partial charge >= 0.3 is 5.97 Å². The fourth-order valence-electron chi connectivity index (χ4n) is 1.47. The van der Waals surface area contributed by atoms with Gasteiger partial charge in [-0.1, -0.05) is 0 Å². The lowest BCUT2D eigenvalue weighted by Crippen LogP contribution is -1.98. The molecule has 2 heterocycles. The average Bonchev–Trinajstić information content (AvgIpc) is 2.97. The lowest BCUT2D eigenvalue weighted by atomic mass is 10.1. The zero-order valence-corrected chi connectivity index (χ0v) is 9.20. The van der Waals surface area contributed by atoms with Crippen LogP contribution in [-0.4, -0.2) is 26.0 Å². The number of carbonyl (C=O) groups is 1. The molecule has 2 N–H and O–H groups in total. The fourth-order valence-corrected chi connectivity index (χ4v) is 1.47. The zero-order chi connectivity index (χ0) is 12.4. The van der Waals surface area contributed by atoms with Crippen molar-refractivity contribution in [3.63, 3.8) is 0 Å². The summed E-state index contributed by atoms with van der Waals surface area (Å²) in [5, 5.41) is 22.7. The van der Waals surface area contributed by atoms with E-state index in [0.29, 0.717) is 12.1 Å². The summed E-state index contributed by atoms with van der Waals surface area (Å²) >= 11 is 0. The van der Waals surface area contributed by atoms with E-state index in [9.17, 15) is 9.90 Å². The number of nitrogens with zero attached hydrogens (tertiary/aromatic N) is 2. The molecule has 90 valence electrons. The third-order valence-corrected chi connectivity index (χ3v) is 2.40. The van der Waals surface area contributed by atoms with Crippen LogP contribution in [0.4, 0.5) is 0 Å². The maximum absolute atomic E-state index is 10.6. The van der Waals surface area contributed by atoms with Gasteiger partial charge in [0.25, 0.3) is 0 Å². The summed E-state index contributed by atoms with van der Waals surface area (Å²) in [7, 11) is 0. The molecular formula is C11H12N2O4. The second kappa shape index (κ2) is 4.42. The Labute approximate surface area is 97.1 Å². The van der Waals surface area contributed by atoms with Crippen molar-refractivity contribution < 1.29 is 19.4 Å². The van der Waals surface area contributed by atoms with E-state index in [1.165, 1.54) is 18.3 Å². The van der Waals surface area contributed by atoms with E-state index in [4.69, 9.17) is 9.52 Å². The predicted octanol–water partition coefficient (Wildman–Crippen LogP) is 1.28. The molecule has 0 spiro atoms. The number of rotatable bonds is 4. The largest absolute Gasteiger partial charge is 0.475 e. The van der Waals surface area contributed by atoms with Crippen LogP contribution in [0, 0.1) is 0 Å². The summed E-state index contributed by atoms with van der Waals surface area (Å²) in [6, 6.07) is 2.75. The van der Waals surface area contributed by atoms with Crippen molar-refractivity contribution in [2.45, 2.75) is 19.6 Å². The number of aliphatic hydroxyl groups excluding tert-OH is 1. The summed E-state index contributed by atoms with van der Waals surface area (Å²) in [4.78, 5) is 10.6. The normalized spacial score (nSPS) is 12.6. The van der Waals surface area contributed by atoms with Crippen LogP contribution in [0.3, 0.4) is 0 Å². The van der Waals surface area contributed by atoms with Gasteiger partial charge in [-0.15, -0.1) is 0 Å². The molecule has 2 aromatic rings. The maximum atomic E-state index is 10.6. The molecule has 6 heteroatoms. The van der Waals surface area contributed by atoms with Gasteiger partial charge < -0.3 is 14.6 Å². The molecule has 6 nitrogen and oxygen atoms in total. The van der Waals surface area contributed by atoms with Crippen LogP contribution in [-0.2, 0) is 6.54 Å². The van der Waals surface area contributed by atoms with Crippen LogP contribution in [0.1, 0.15) is 34.9 Å². The Morgan fingerprint density at radius 3 is 2.88 bits per heavy atom. The lowest BCUT2D eigenvalue weighted by molar-refractivity contribution is 0.0655. The molecule has 1 unspecified atom stereocenters. The van der Waals surface area contributed by atoms with E-state index >= 15 is 0 Å². The van der Waals surface area contributed by atoms with E-state index in [1.54, 1.807) is 10.9 Å². The molecule has 0 aliphatic heterocycles. The van der Waals surface area contributed by atoms with Gasteiger partial charge in [0.2, 0.25) is 5.76 Å². The second-order valence-electron chi connectivity index (χ2n) is 3.54. The molecule has 0 saturated carbocycles. The van der Waals surface area contributed by atoms with Gasteiger partial charge in [-0.05, 0) is 19.1 Å². The van der Waals surface area contributed by atoms with Crippen LogP contribution >= 0.6 is 0 Å². The number of aromatic carboxylic acids is 1. The number of carboxylic acids is 1. The average molecular weight is 236 g/mol. The van der Waals surface area contributed by atoms with Crippen LogP contribution < -0.4 is 0 Å². The number of aliphatic hydroxyl groups is 1. The van der Waals surface area contributed by atoms with Gasteiger partial charge in [-0.2, -0.15) is 5.10 Å². The standard InChI is InChI=1S/C11H12N2O4/c1-2-13-6-7(5-12-13)10(14)8-3-4-9(17-8)11(15)16/h3-6,10,14H,2H2,1H3,(H,15,16). The molecule has 0 aliphatic rings. The Hall–Kier alpha value is -2.08. The first-order valence-electron chi connectivity index (χ1n) is 5.15. The highest BCUT2D eigenvalue weighted by Gasteiger charge is 2.18. The Morgan fingerprint density at radius 2 is 2.35 bits per heavy atom. The van der Waals surface area contributed by atoms with Gasteiger partial charge in [0.15, 0.2) is 0 Å². The van der Waals surface area contributed by atoms with Crippen molar-refractivity contribution in [1.29, 1.82) is 0 Å². The van der Waals surface area contributed by atoms with E-state index in [1.807, 2.05) is 6.92 Å². The summed E-state index contributed by atoms with van der Waals surface area (Å²) < 4.78 is 6.68. The minimum atomic E-state index is -1.16. The molecular weight excluding hydrogens is 224 g/mol. The van der Waals surface area contributed by atoms with Gasteiger partial charge in [0, 0.05) is 18.3 Å². The van der Waals surface area contributed by atoms with Crippen molar-refractivity contribution >= 4 is 5.97 Å². The molecule has 0 fully saturated rings. The smallest absolute Gasteiger partial charge is 0.371 e. The molecule has 0 radical (unpaired) electrons. The zero-order valence-electron chi connectivity index (χ0n) is 9.20. The quantitative estimate of drug-likeness (QED) is 0.834. The van der Waals surface area contributed by atoms with E-state index < -0.39 is 12.1 Å². The molecule has 2 aromatic heterocycles. The molecule has 0 aromatic carbocycles. The number of carboxylic acid groups (broad SMARTS) is 1. The molecule has 0 amide bonds. The van der Waals surface area contributed by atoms with Crippen LogP contribution in [0.25, 0.3) is 0 Å². The number of furan rings is 1. The highest BCUT2D eigenvalue weighted by atomic mass is 16.4. The van der Waals surface area contributed by atoms with Crippen molar-refractivity contribution in [2.75, 3.05) is 0 Å².